The maximum Gasteiger partial charge on any atom is 0.305 e. The lowest BCUT2D eigenvalue weighted by molar-refractivity contribution is -0.138. The number of carbonyl (C=O) groups excluding carboxylic acids is 1. The minimum atomic E-state index is -1.05. The average Bonchev–Trinajstić information content (AvgIpc) is 3.06. The third-order valence-electron chi connectivity index (χ3n) is 4.07. The number of halogens is 2. The van der Waals surface area contributed by atoms with Gasteiger partial charge < -0.3 is 19.9 Å². The summed E-state index contributed by atoms with van der Waals surface area (Å²) in [5, 5.41) is 19.4. The Hall–Kier alpha value is -2.56. The summed E-state index contributed by atoms with van der Waals surface area (Å²) in [5.74, 6) is -0.446. The first-order chi connectivity index (χ1) is 14.9. The number of carbonyl (C=O) groups is 2. The fraction of sp³-hybridized carbons (Fsp3) is 0.200. The van der Waals surface area contributed by atoms with Gasteiger partial charge >= 0.3 is 5.97 Å². The maximum absolute atomic E-state index is 11.7. The van der Waals surface area contributed by atoms with Gasteiger partial charge in [0.2, 0.25) is 5.91 Å². The Morgan fingerprint density at radius 1 is 1.39 bits per heavy atom. The predicted octanol–water partition coefficient (Wildman–Crippen LogP) is 4.09. The molecule has 1 unspecified atom stereocenters. The molecule has 0 radical (unpaired) electrons. The van der Waals surface area contributed by atoms with Crippen molar-refractivity contribution in [2.75, 3.05) is 7.11 Å². The second kappa shape index (κ2) is 10.7. The van der Waals surface area contributed by atoms with Crippen LogP contribution in [0.2, 0.25) is 5.02 Å². The van der Waals surface area contributed by atoms with Crippen LogP contribution in [0.1, 0.15) is 17.5 Å². The van der Waals surface area contributed by atoms with E-state index in [1.807, 2.05) is 18.2 Å². The number of aliphatic carboxylic acids is 1. The molecule has 1 fully saturated rings. The molecule has 31 heavy (non-hydrogen) atoms. The van der Waals surface area contributed by atoms with Crippen LogP contribution >= 0.6 is 39.3 Å². The number of thioether (sulfide) groups is 1. The van der Waals surface area contributed by atoms with E-state index < -0.39 is 17.1 Å². The number of methoxy groups -OCH3 is 1. The Kier molecular flexibility index (Phi) is 7.94. The van der Waals surface area contributed by atoms with Crippen LogP contribution in [-0.2, 0) is 16.2 Å². The number of amides is 1. The van der Waals surface area contributed by atoms with Crippen molar-refractivity contribution in [2.24, 2.45) is 10.2 Å². The quantitative estimate of drug-likeness (QED) is 0.396. The number of amidine groups is 1. The molecule has 0 bridgehead atoms. The molecule has 0 aliphatic carbocycles. The van der Waals surface area contributed by atoms with E-state index in [2.05, 4.69) is 31.4 Å². The number of carboxylic acids is 1. The van der Waals surface area contributed by atoms with E-state index in [0.29, 0.717) is 26.6 Å². The summed E-state index contributed by atoms with van der Waals surface area (Å²) < 4.78 is 12.0. The van der Waals surface area contributed by atoms with Crippen LogP contribution in [0.5, 0.6) is 11.5 Å². The maximum atomic E-state index is 11.7. The van der Waals surface area contributed by atoms with Gasteiger partial charge in [0.25, 0.3) is 0 Å². The molecule has 2 aromatic rings. The van der Waals surface area contributed by atoms with Gasteiger partial charge in [-0.05, 0) is 39.7 Å². The van der Waals surface area contributed by atoms with E-state index in [-0.39, 0.29) is 18.2 Å². The Balaban J connectivity index is 1.70. The molecule has 2 N–H and O–H groups in total. The highest BCUT2D eigenvalue weighted by Gasteiger charge is 2.32. The molecule has 1 atom stereocenters. The minimum Gasteiger partial charge on any atom is -0.493 e. The molecule has 11 heteroatoms. The Morgan fingerprint density at radius 2 is 2.16 bits per heavy atom. The van der Waals surface area contributed by atoms with Crippen LogP contribution in [0.3, 0.4) is 0 Å². The monoisotopic (exact) mass is 525 g/mol. The fourth-order valence-corrected chi connectivity index (χ4v) is 4.29. The summed E-state index contributed by atoms with van der Waals surface area (Å²) in [6.07, 6.45) is 1.20. The number of benzene rings is 2. The number of hydrogen-bond acceptors (Lipinski definition) is 7. The molecule has 0 aromatic heterocycles. The molecule has 1 heterocycles. The summed E-state index contributed by atoms with van der Waals surface area (Å²) in [7, 11) is 1.53. The van der Waals surface area contributed by atoms with E-state index in [4.69, 9.17) is 26.2 Å². The number of hydrogen-bond donors (Lipinski definition) is 2. The largest absolute Gasteiger partial charge is 0.493 e. The second-order valence-electron chi connectivity index (χ2n) is 6.26. The number of nitrogens with zero attached hydrogens (tertiary/aromatic N) is 2. The van der Waals surface area contributed by atoms with Crippen molar-refractivity contribution in [3.8, 4) is 11.5 Å². The minimum absolute atomic E-state index is 0.248. The topological polar surface area (TPSA) is 110 Å². The third kappa shape index (κ3) is 6.22. The summed E-state index contributed by atoms with van der Waals surface area (Å²) >= 11 is 10.7. The number of ether oxygens (including phenoxy) is 2. The van der Waals surface area contributed by atoms with Crippen molar-refractivity contribution in [3.63, 3.8) is 0 Å². The zero-order valence-corrected chi connectivity index (χ0v) is 19.3. The van der Waals surface area contributed by atoms with Crippen LogP contribution in [0.4, 0.5) is 0 Å². The first-order valence-electron chi connectivity index (χ1n) is 8.91. The highest BCUT2D eigenvalue weighted by atomic mass is 79.9. The highest BCUT2D eigenvalue weighted by molar-refractivity contribution is 9.10. The number of carboxylic acid groups (broad SMARTS) is 1. The normalized spacial score (nSPS) is 17.2. The molecule has 2 aromatic carbocycles. The summed E-state index contributed by atoms with van der Waals surface area (Å²) in [6, 6.07) is 10.9. The van der Waals surface area contributed by atoms with E-state index in [1.54, 1.807) is 18.2 Å². The number of rotatable bonds is 8. The van der Waals surface area contributed by atoms with Crippen molar-refractivity contribution >= 4 is 62.6 Å². The molecule has 0 spiro atoms. The van der Waals surface area contributed by atoms with Gasteiger partial charge in [-0.25, -0.2) is 0 Å². The van der Waals surface area contributed by atoms with Gasteiger partial charge in [-0.1, -0.05) is 41.6 Å². The van der Waals surface area contributed by atoms with Crippen LogP contribution in [0.15, 0.2) is 51.1 Å². The van der Waals surface area contributed by atoms with Crippen LogP contribution in [0.25, 0.3) is 0 Å². The average molecular weight is 527 g/mol. The van der Waals surface area contributed by atoms with Crippen LogP contribution in [0, 0.1) is 0 Å². The molecule has 0 saturated carbocycles. The first kappa shape index (κ1) is 23.1. The lowest BCUT2D eigenvalue weighted by Crippen LogP contribution is -2.26. The lowest BCUT2D eigenvalue weighted by Gasteiger charge is -2.14. The van der Waals surface area contributed by atoms with Gasteiger partial charge in [0.1, 0.15) is 11.9 Å². The van der Waals surface area contributed by atoms with E-state index in [0.717, 1.165) is 17.3 Å². The molecular formula is C20H17BrClN3O5S. The van der Waals surface area contributed by atoms with Gasteiger partial charge in [-0.3, -0.25) is 9.59 Å². The summed E-state index contributed by atoms with van der Waals surface area (Å²) in [6.45, 7) is 0.268. The van der Waals surface area contributed by atoms with Crippen molar-refractivity contribution in [1.29, 1.82) is 0 Å². The van der Waals surface area contributed by atoms with Gasteiger partial charge in [0, 0.05) is 10.6 Å². The molecule has 162 valence electrons. The molecule has 1 saturated heterocycles. The van der Waals surface area contributed by atoms with Crippen LogP contribution in [-0.4, -0.2) is 40.7 Å². The molecule has 3 rings (SSSR count). The van der Waals surface area contributed by atoms with Crippen LogP contribution < -0.4 is 14.8 Å². The summed E-state index contributed by atoms with van der Waals surface area (Å²) in [4.78, 5) is 22.5. The highest BCUT2D eigenvalue weighted by Crippen LogP contribution is 2.37. The van der Waals surface area contributed by atoms with E-state index in [1.165, 1.54) is 13.3 Å². The lowest BCUT2D eigenvalue weighted by atomic mass is 10.2. The zero-order chi connectivity index (χ0) is 22.4. The fourth-order valence-electron chi connectivity index (χ4n) is 2.61. The Morgan fingerprint density at radius 3 is 2.87 bits per heavy atom. The predicted molar refractivity (Wildman–Crippen MR) is 123 cm³/mol. The molecule has 8 nitrogen and oxygen atoms in total. The number of nitrogens with one attached hydrogen (secondary N) is 1. The Labute approximate surface area is 195 Å². The molecule has 1 amide bonds. The standard InChI is InChI=1S/C20H17BrClN3O5S/c1-29-15-7-11(9-23-25-20-24-19(28)16(31-20)8-17(26)27)6-13(21)18(15)30-10-12-4-2-3-5-14(12)22/h2-7,9,16H,8,10H2,1H3,(H,26,27)(H,24,25,28). The molecule has 1 aliphatic heterocycles. The van der Waals surface area contributed by atoms with Gasteiger partial charge in [0.05, 0.1) is 24.2 Å². The van der Waals surface area contributed by atoms with Gasteiger partial charge in [-0.2, -0.15) is 5.10 Å². The summed E-state index contributed by atoms with van der Waals surface area (Å²) in [5.41, 5.74) is 1.52. The SMILES string of the molecule is COc1cc(C=NN=C2NC(=O)C(CC(=O)O)S2)cc(Br)c1OCc1ccccc1Cl. The van der Waals surface area contributed by atoms with E-state index in [9.17, 15) is 9.59 Å². The molecule has 1 aliphatic rings. The molecular weight excluding hydrogens is 510 g/mol. The first-order valence-corrected chi connectivity index (χ1v) is 11.0. The second-order valence-corrected chi connectivity index (χ2v) is 8.71. The zero-order valence-electron chi connectivity index (χ0n) is 16.2. The van der Waals surface area contributed by atoms with Gasteiger partial charge in [-0.15, -0.1) is 5.10 Å². The van der Waals surface area contributed by atoms with E-state index >= 15 is 0 Å². The smallest absolute Gasteiger partial charge is 0.305 e. The van der Waals surface area contributed by atoms with Crippen molar-refractivity contribution in [1.82, 2.24) is 5.32 Å². The van der Waals surface area contributed by atoms with Gasteiger partial charge in [0.15, 0.2) is 16.7 Å². The van der Waals surface area contributed by atoms with Crippen molar-refractivity contribution in [2.45, 2.75) is 18.3 Å². The Bertz CT molecular complexity index is 1060. The third-order valence-corrected chi connectivity index (χ3v) is 6.10. The van der Waals surface area contributed by atoms with Crippen molar-refractivity contribution < 1.29 is 24.2 Å². The van der Waals surface area contributed by atoms with Crippen molar-refractivity contribution in [3.05, 3.63) is 57.0 Å².